The molecule has 0 aliphatic carbocycles. The van der Waals surface area contributed by atoms with Gasteiger partial charge in [0, 0.05) is 30.6 Å². The fourth-order valence-corrected chi connectivity index (χ4v) is 2.60. The molecule has 0 aromatic carbocycles. The minimum absolute atomic E-state index is 0.118. The molecule has 1 atom stereocenters. The van der Waals surface area contributed by atoms with Gasteiger partial charge in [0.05, 0.1) is 6.10 Å². The lowest BCUT2D eigenvalue weighted by atomic mass is 10.2. The number of nitrogens with zero attached hydrogens (tertiary/aromatic N) is 2. The summed E-state index contributed by atoms with van der Waals surface area (Å²) in [6.45, 7) is 0.118. The Hall–Kier alpha value is -2.51. The largest absolute Gasteiger partial charge is 0.387 e. The Kier molecular flexibility index (Phi) is 4.27. The number of thiophene rings is 1. The van der Waals surface area contributed by atoms with Crippen LogP contribution in [-0.4, -0.2) is 27.7 Å². The molecule has 0 aliphatic rings. The third kappa shape index (κ3) is 3.21. The highest BCUT2D eigenvalue weighted by molar-refractivity contribution is 7.07. The van der Waals surface area contributed by atoms with Gasteiger partial charge in [-0.05, 0) is 34.5 Å². The van der Waals surface area contributed by atoms with Gasteiger partial charge in [-0.1, -0.05) is 5.16 Å². The SMILES string of the molecule is O=C(NCC(O)c1ccsc1)c1cc(-c2ccncc2)on1. The van der Waals surface area contributed by atoms with E-state index in [0.29, 0.717) is 5.76 Å². The first-order valence-electron chi connectivity index (χ1n) is 6.59. The molecule has 0 spiro atoms. The Morgan fingerprint density at radius 3 is 2.91 bits per heavy atom. The average molecular weight is 315 g/mol. The Labute approximate surface area is 130 Å². The summed E-state index contributed by atoms with van der Waals surface area (Å²) in [5, 5.41) is 20.0. The van der Waals surface area contributed by atoms with Gasteiger partial charge in [-0.2, -0.15) is 11.3 Å². The lowest BCUT2D eigenvalue weighted by Crippen LogP contribution is -2.28. The molecule has 3 aromatic heterocycles. The van der Waals surface area contributed by atoms with Crippen molar-refractivity contribution in [1.29, 1.82) is 0 Å². The summed E-state index contributed by atoms with van der Waals surface area (Å²) in [6, 6.07) is 6.91. The number of amides is 1. The minimum Gasteiger partial charge on any atom is -0.387 e. The lowest BCUT2D eigenvalue weighted by molar-refractivity contribution is 0.0907. The van der Waals surface area contributed by atoms with Gasteiger partial charge >= 0.3 is 0 Å². The van der Waals surface area contributed by atoms with E-state index in [-0.39, 0.29) is 12.2 Å². The highest BCUT2D eigenvalue weighted by Gasteiger charge is 2.15. The maximum Gasteiger partial charge on any atom is 0.273 e. The molecule has 7 heteroatoms. The molecule has 0 aliphatic heterocycles. The van der Waals surface area contributed by atoms with Crippen molar-refractivity contribution in [2.75, 3.05) is 6.54 Å². The number of rotatable bonds is 5. The number of aromatic nitrogens is 2. The van der Waals surface area contributed by atoms with Gasteiger partial charge in [0.2, 0.25) is 0 Å². The summed E-state index contributed by atoms with van der Waals surface area (Å²) >= 11 is 1.49. The summed E-state index contributed by atoms with van der Waals surface area (Å²) in [4.78, 5) is 15.9. The van der Waals surface area contributed by atoms with Gasteiger partial charge in [-0.25, -0.2) is 0 Å². The number of aliphatic hydroxyl groups excluding tert-OH is 1. The van der Waals surface area contributed by atoms with E-state index in [0.717, 1.165) is 11.1 Å². The van der Waals surface area contributed by atoms with Crippen LogP contribution >= 0.6 is 11.3 Å². The fourth-order valence-electron chi connectivity index (χ4n) is 1.90. The van der Waals surface area contributed by atoms with Crippen LogP contribution in [0.2, 0.25) is 0 Å². The van der Waals surface area contributed by atoms with Crippen LogP contribution in [0.1, 0.15) is 22.2 Å². The molecule has 0 saturated carbocycles. The molecule has 22 heavy (non-hydrogen) atoms. The van der Waals surface area contributed by atoms with Gasteiger partial charge in [0.1, 0.15) is 0 Å². The quantitative estimate of drug-likeness (QED) is 0.754. The van der Waals surface area contributed by atoms with Crippen molar-refractivity contribution in [2.24, 2.45) is 0 Å². The van der Waals surface area contributed by atoms with Gasteiger partial charge in [-0.3, -0.25) is 9.78 Å². The van der Waals surface area contributed by atoms with Crippen molar-refractivity contribution in [3.05, 3.63) is 58.7 Å². The molecule has 6 nitrogen and oxygen atoms in total. The molecule has 112 valence electrons. The third-order valence-electron chi connectivity index (χ3n) is 3.09. The summed E-state index contributed by atoms with van der Waals surface area (Å²) in [5.74, 6) is 0.101. The topological polar surface area (TPSA) is 88.2 Å². The second-order valence-corrected chi connectivity index (χ2v) is 5.37. The number of nitrogens with one attached hydrogen (secondary N) is 1. The first-order valence-corrected chi connectivity index (χ1v) is 7.54. The van der Waals surface area contributed by atoms with Crippen molar-refractivity contribution in [3.63, 3.8) is 0 Å². The zero-order valence-electron chi connectivity index (χ0n) is 11.5. The lowest BCUT2D eigenvalue weighted by Gasteiger charge is -2.09. The minimum atomic E-state index is -0.734. The maximum atomic E-state index is 12.0. The van der Waals surface area contributed by atoms with Gasteiger partial charge in [0.25, 0.3) is 5.91 Å². The predicted molar refractivity (Wildman–Crippen MR) is 81.3 cm³/mol. The van der Waals surface area contributed by atoms with E-state index in [9.17, 15) is 9.90 Å². The molecule has 3 rings (SSSR count). The molecule has 3 heterocycles. The van der Waals surface area contributed by atoms with Gasteiger partial charge < -0.3 is 14.9 Å². The normalized spacial score (nSPS) is 12.0. The number of hydrogen-bond donors (Lipinski definition) is 2. The van der Waals surface area contributed by atoms with Crippen molar-refractivity contribution in [3.8, 4) is 11.3 Å². The maximum absolute atomic E-state index is 12.0. The van der Waals surface area contributed by atoms with Crippen LogP contribution in [0.3, 0.4) is 0 Å². The van der Waals surface area contributed by atoms with E-state index in [4.69, 9.17) is 4.52 Å². The highest BCUT2D eigenvalue weighted by Crippen LogP contribution is 2.19. The standard InChI is InChI=1S/C15H13N3O3S/c19-13(11-3-6-22-9-11)8-17-15(20)12-7-14(21-18-12)10-1-4-16-5-2-10/h1-7,9,13,19H,8H2,(H,17,20). The number of pyridine rings is 1. The van der Waals surface area contributed by atoms with E-state index in [1.807, 2.05) is 16.8 Å². The zero-order chi connectivity index (χ0) is 15.4. The Balaban J connectivity index is 1.62. The molecular formula is C15H13N3O3S. The van der Waals surface area contributed by atoms with Gasteiger partial charge in [-0.15, -0.1) is 0 Å². The smallest absolute Gasteiger partial charge is 0.273 e. The Morgan fingerprint density at radius 2 is 2.18 bits per heavy atom. The van der Waals surface area contributed by atoms with Crippen LogP contribution in [0.25, 0.3) is 11.3 Å². The van der Waals surface area contributed by atoms with Crippen LogP contribution in [0, 0.1) is 0 Å². The van der Waals surface area contributed by atoms with Crippen LogP contribution in [-0.2, 0) is 0 Å². The van der Waals surface area contributed by atoms with Crippen LogP contribution in [0.15, 0.2) is 51.9 Å². The molecule has 0 saturated heterocycles. The summed E-state index contributed by atoms with van der Waals surface area (Å²) in [7, 11) is 0. The Morgan fingerprint density at radius 1 is 1.36 bits per heavy atom. The van der Waals surface area contributed by atoms with E-state index < -0.39 is 12.0 Å². The molecule has 0 fully saturated rings. The first kappa shape index (κ1) is 14.4. The molecule has 3 aromatic rings. The molecule has 0 bridgehead atoms. The second kappa shape index (κ2) is 6.50. The number of carbonyl (C=O) groups excluding carboxylic acids is 1. The van der Waals surface area contributed by atoms with E-state index in [2.05, 4.69) is 15.5 Å². The monoisotopic (exact) mass is 315 g/mol. The van der Waals surface area contributed by atoms with Crippen molar-refractivity contribution >= 4 is 17.2 Å². The number of hydrogen-bond acceptors (Lipinski definition) is 6. The van der Waals surface area contributed by atoms with Crippen molar-refractivity contribution < 1.29 is 14.4 Å². The third-order valence-corrected chi connectivity index (χ3v) is 3.79. The van der Waals surface area contributed by atoms with Crippen LogP contribution < -0.4 is 5.32 Å². The van der Waals surface area contributed by atoms with E-state index in [1.165, 1.54) is 11.3 Å². The number of carbonyl (C=O) groups is 1. The summed E-state index contributed by atoms with van der Waals surface area (Å²) in [5.41, 5.74) is 1.74. The molecule has 1 unspecified atom stereocenters. The summed E-state index contributed by atoms with van der Waals surface area (Å²) < 4.78 is 5.15. The molecule has 1 amide bonds. The molecule has 2 N–H and O–H groups in total. The summed E-state index contributed by atoms with van der Waals surface area (Å²) in [6.07, 6.45) is 2.53. The number of aliphatic hydroxyl groups is 1. The zero-order valence-corrected chi connectivity index (χ0v) is 12.3. The second-order valence-electron chi connectivity index (χ2n) is 4.59. The fraction of sp³-hybridized carbons (Fsp3) is 0.133. The van der Waals surface area contributed by atoms with Crippen LogP contribution in [0.4, 0.5) is 0 Å². The Bertz CT molecular complexity index is 741. The molecular weight excluding hydrogens is 302 g/mol. The van der Waals surface area contributed by atoms with Gasteiger partial charge in [0.15, 0.2) is 11.5 Å². The first-order chi connectivity index (χ1) is 10.7. The predicted octanol–water partition coefficient (Wildman–Crippen LogP) is 2.26. The van der Waals surface area contributed by atoms with Crippen molar-refractivity contribution in [2.45, 2.75) is 6.10 Å². The average Bonchev–Trinajstić information content (AvgIpc) is 3.24. The molecule has 0 radical (unpaired) electrons. The van der Waals surface area contributed by atoms with E-state index in [1.54, 1.807) is 30.6 Å². The highest BCUT2D eigenvalue weighted by atomic mass is 32.1. The van der Waals surface area contributed by atoms with Crippen LogP contribution in [0.5, 0.6) is 0 Å². The van der Waals surface area contributed by atoms with Crippen molar-refractivity contribution in [1.82, 2.24) is 15.5 Å². The van der Waals surface area contributed by atoms with E-state index >= 15 is 0 Å².